The van der Waals surface area contributed by atoms with Gasteiger partial charge in [-0.15, -0.1) is 0 Å². The number of hydrogen-bond donors (Lipinski definition) is 4. The van der Waals surface area contributed by atoms with Crippen LogP contribution in [-0.4, -0.2) is 42.8 Å². The van der Waals surface area contributed by atoms with E-state index in [-0.39, 0.29) is 31.0 Å². The molecule has 0 aromatic heterocycles. The SMILES string of the molecule is NC(=O)COCCNC(=O)Nc1cc(Cl)ccc1C(=O)O. The van der Waals surface area contributed by atoms with E-state index >= 15 is 0 Å². The quantitative estimate of drug-likeness (QED) is 0.549. The minimum atomic E-state index is -1.19. The van der Waals surface area contributed by atoms with E-state index in [0.29, 0.717) is 5.02 Å². The van der Waals surface area contributed by atoms with Gasteiger partial charge in [-0.05, 0) is 18.2 Å². The number of ether oxygens (including phenoxy) is 1. The van der Waals surface area contributed by atoms with Gasteiger partial charge in [0.05, 0.1) is 17.9 Å². The van der Waals surface area contributed by atoms with Crippen LogP contribution in [0.15, 0.2) is 18.2 Å². The summed E-state index contributed by atoms with van der Waals surface area (Å²) >= 11 is 5.75. The fraction of sp³-hybridized carbons (Fsp3) is 0.250. The van der Waals surface area contributed by atoms with Gasteiger partial charge >= 0.3 is 12.0 Å². The molecule has 1 aromatic rings. The second-order valence-corrected chi connectivity index (χ2v) is 4.33. The Kier molecular flexibility index (Phi) is 6.44. The number of primary amides is 1. The Bertz CT molecular complexity index is 550. The molecular formula is C12H14ClN3O5. The molecule has 5 N–H and O–H groups in total. The van der Waals surface area contributed by atoms with Crippen molar-refractivity contribution in [1.29, 1.82) is 0 Å². The van der Waals surface area contributed by atoms with Crippen LogP contribution < -0.4 is 16.4 Å². The first kappa shape index (κ1) is 16.7. The Morgan fingerprint density at radius 2 is 2.05 bits per heavy atom. The lowest BCUT2D eigenvalue weighted by molar-refractivity contribution is -0.122. The fourth-order valence-corrected chi connectivity index (χ4v) is 1.55. The summed E-state index contributed by atoms with van der Waals surface area (Å²) in [5.74, 6) is -1.80. The number of aromatic carboxylic acids is 1. The Hall–Kier alpha value is -2.32. The lowest BCUT2D eigenvalue weighted by Gasteiger charge is -2.10. The van der Waals surface area contributed by atoms with Crippen LogP contribution in [0.5, 0.6) is 0 Å². The topological polar surface area (TPSA) is 131 Å². The second kappa shape index (κ2) is 8.08. The lowest BCUT2D eigenvalue weighted by Crippen LogP contribution is -2.32. The number of carboxylic acids is 1. The van der Waals surface area contributed by atoms with Crippen LogP contribution in [0.25, 0.3) is 0 Å². The second-order valence-electron chi connectivity index (χ2n) is 3.89. The van der Waals surface area contributed by atoms with Gasteiger partial charge in [0.25, 0.3) is 0 Å². The average Bonchev–Trinajstić information content (AvgIpc) is 2.37. The first-order valence-electron chi connectivity index (χ1n) is 5.84. The van der Waals surface area contributed by atoms with Crippen molar-refractivity contribution in [3.05, 3.63) is 28.8 Å². The number of amides is 3. The maximum absolute atomic E-state index is 11.6. The number of urea groups is 1. The number of benzene rings is 1. The molecule has 0 radical (unpaired) electrons. The highest BCUT2D eigenvalue weighted by molar-refractivity contribution is 6.31. The molecule has 9 heteroatoms. The summed E-state index contributed by atoms with van der Waals surface area (Å²) in [6.07, 6.45) is 0. The molecule has 8 nitrogen and oxygen atoms in total. The van der Waals surface area contributed by atoms with Crippen molar-refractivity contribution in [2.24, 2.45) is 5.73 Å². The molecule has 1 aromatic carbocycles. The molecule has 0 saturated heterocycles. The van der Waals surface area contributed by atoms with E-state index in [1.165, 1.54) is 18.2 Å². The van der Waals surface area contributed by atoms with Gasteiger partial charge in [-0.3, -0.25) is 4.79 Å². The summed E-state index contributed by atoms with van der Waals surface area (Å²) in [5, 5.41) is 14.1. The van der Waals surface area contributed by atoms with Crippen molar-refractivity contribution in [3.8, 4) is 0 Å². The van der Waals surface area contributed by atoms with Crippen LogP contribution in [0.2, 0.25) is 5.02 Å². The maximum atomic E-state index is 11.6. The van der Waals surface area contributed by atoms with Gasteiger partial charge in [-0.2, -0.15) is 0 Å². The number of anilines is 1. The molecule has 114 valence electrons. The molecule has 0 fully saturated rings. The van der Waals surface area contributed by atoms with Crippen molar-refractivity contribution < 1.29 is 24.2 Å². The van der Waals surface area contributed by atoms with E-state index in [0.717, 1.165) is 0 Å². The van der Waals surface area contributed by atoms with Crippen molar-refractivity contribution >= 4 is 35.2 Å². The van der Waals surface area contributed by atoms with E-state index in [1.54, 1.807) is 0 Å². The summed E-state index contributed by atoms with van der Waals surface area (Å²) < 4.78 is 4.84. The smallest absolute Gasteiger partial charge is 0.337 e. The van der Waals surface area contributed by atoms with Gasteiger partial charge in [0.15, 0.2) is 0 Å². The zero-order chi connectivity index (χ0) is 15.8. The van der Waals surface area contributed by atoms with Crippen molar-refractivity contribution in [3.63, 3.8) is 0 Å². The van der Waals surface area contributed by atoms with Gasteiger partial charge < -0.3 is 26.2 Å². The zero-order valence-electron chi connectivity index (χ0n) is 10.9. The third-order valence-electron chi connectivity index (χ3n) is 2.24. The van der Waals surface area contributed by atoms with Gasteiger partial charge in [0, 0.05) is 11.6 Å². The Morgan fingerprint density at radius 3 is 2.67 bits per heavy atom. The first-order chi connectivity index (χ1) is 9.90. The molecule has 0 aliphatic carbocycles. The number of carboxylic acid groups (broad SMARTS) is 1. The van der Waals surface area contributed by atoms with E-state index in [1.807, 2.05) is 0 Å². The van der Waals surface area contributed by atoms with Crippen LogP contribution in [-0.2, 0) is 9.53 Å². The van der Waals surface area contributed by atoms with Crippen LogP contribution in [0.1, 0.15) is 10.4 Å². The van der Waals surface area contributed by atoms with E-state index in [9.17, 15) is 14.4 Å². The molecule has 21 heavy (non-hydrogen) atoms. The molecule has 0 bridgehead atoms. The maximum Gasteiger partial charge on any atom is 0.337 e. The number of nitrogens with two attached hydrogens (primary N) is 1. The predicted octanol–water partition coefficient (Wildman–Crippen LogP) is 0.662. The van der Waals surface area contributed by atoms with Gasteiger partial charge in [0.1, 0.15) is 6.61 Å². The molecule has 0 unspecified atom stereocenters. The first-order valence-corrected chi connectivity index (χ1v) is 6.21. The molecule has 3 amide bonds. The van der Waals surface area contributed by atoms with Gasteiger partial charge in [-0.25, -0.2) is 9.59 Å². The molecular weight excluding hydrogens is 302 g/mol. The molecule has 0 spiro atoms. The highest BCUT2D eigenvalue weighted by atomic mass is 35.5. The van der Waals surface area contributed by atoms with Crippen molar-refractivity contribution in [2.75, 3.05) is 25.1 Å². The monoisotopic (exact) mass is 315 g/mol. The summed E-state index contributed by atoms with van der Waals surface area (Å²) in [6, 6.07) is 3.40. The number of carbonyl (C=O) groups is 3. The van der Waals surface area contributed by atoms with Crippen LogP contribution in [0.4, 0.5) is 10.5 Å². The van der Waals surface area contributed by atoms with E-state index in [2.05, 4.69) is 10.6 Å². The summed E-state index contributed by atoms with van der Waals surface area (Å²) in [7, 11) is 0. The molecule has 0 aliphatic rings. The number of rotatable bonds is 7. The molecule has 0 heterocycles. The fourth-order valence-electron chi connectivity index (χ4n) is 1.38. The van der Waals surface area contributed by atoms with Crippen LogP contribution >= 0.6 is 11.6 Å². The minimum absolute atomic E-state index is 0.0746. The number of hydrogen-bond acceptors (Lipinski definition) is 4. The average molecular weight is 316 g/mol. The Balaban J connectivity index is 2.49. The highest BCUT2D eigenvalue weighted by Crippen LogP contribution is 2.21. The van der Waals surface area contributed by atoms with Crippen molar-refractivity contribution in [2.45, 2.75) is 0 Å². The highest BCUT2D eigenvalue weighted by Gasteiger charge is 2.12. The number of carbonyl (C=O) groups excluding carboxylic acids is 2. The van der Waals surface area contributed by atoms with Gasteiger partial charge in [0.2, 0.25) is 5.91 Å². The zero-order valence-corrected chi connectivity index (χ0v) is 11.6. The van der Waals surface area contributed by atoms with E-state index in [4.69, 9.17) is 27.2 Å². The minimum Gasteiger partial charge on any atom is -0.478 e. The Labute approximate surface area is 125 Å². The normalized spacial score (nSPS) is 9.95. The molecule has 0 saturated carbocycles. The lowest BCUT2D eigenvalue weighted by atomic mass is 10.2. The van der Waals surface area contributed by atoms with Crippen LogP contribution in [0.3, 0.4) is 0 Å². The molecule has 0 atom stereocenters. The van der Waals surface area contributed by atoms with Crippen LogP contribution in [0, 0.1) is 0 Å². The molecule has 1 rings (SSSR count). The third kappa shape index (κ3) is 6.11. The van der Waals surface area contributed by atoms with Crippen molar-refractivity contribution in [1.82, 2.24) is 5.32 Å². The molecule has 0 aliphatic heterocycles. The predicted molar refractivity (Wildman–Crippen MR) is 75.4 cm³/mol. The van der Waals surface area contributed by atoms with Gasteiger partial charge in [-0.1, -0.05) is 11.6 Å². The Morgan fingerprint density at radius 1 is 1.33 bits per heavy atom. The number of halogens is 1. The third-order valence-corrected chi connectivity index (χ3v) is 2.47. The largest absolute Gasteiger partial charge is 0.478 e. The standard InChI is InChI=1S/C12H14ClN3O5/c13-7-1-2-8(11(18)19)9(5-7)16-12(20)15-3-4-21-6-10(14)17/h1-2,5H,3-4,6H2,(H2,14,17)(H,18,19)(H2,15,16,20). The van der Waals surface area contributed by atoms with E-state index < -0.39 is 17.9 Å². The summed E-state index contributed by atoms with van der Waals surface area (Å²) in [5.41, 5.74) is 4.85. The number of nitrogens with one attached hydrogen (secondary N) is 2. The summed E-state index contributed by atoms with van der Waals surface area (Å²) in [4.78, 5) is 33.0. The summed E-state index contributed by atoms with van der Waals surface area (Å²) in [6.45, 7) is -0.0134.